The summed E-state index contributed by atoms with van der Waals surface area (Å²) >= 11 is 3.32. The lowest BCUT2D eigenvalue weighted by Crippen LogP contribution is -2.42. The number of pyridine rings is 1. The summed E-state index contributed by atoms with van der Waals surface area (Å²) in [4.78, 5) is 47.9. The van der Waals surface area contributed by atoms with E-state index in [9.17, 15) is 14.4 Å². The van der Waals surface area contributed by atoms with E-state index in [2.05, 4.69) is 31.2 Å². The Bertz CT molecular complexity index is 1150. The topological polar surface area (TPSA) is 97.2 Å². The summed E-state index contributed by atoms with van der Waals surface area (Å²) in [6.07, 6.45) is 4.55. The lowest BCUT2D eigenvalue weighted by atomic mass is 9.95. The van der Waals surface area contributed by atoms with Gasteiger partial charge in [0, 0.05) is 42.6 Å². The number of aromatic nitrogens is 3. The van der Waals surface area contributed by atoms with Gasteiger partial charge in [-0.3, -0.25) is 19.0 Å². The van der Waals surface area contributed by atoms with E-state index < -0.39 is 0 Å². The Balaban J connectivity index is 1.28. The van der Waals surface area contributed by atoms with E-state index in [4.69, 9.17) is 0 Å². The first kappa shape index (κ1) is 21.2. The molecule has 2 amide bonds. The summed E-state index contributed by atoms with van der Waals surface area (Å²) in [5, 5.41) is 3.38. The lowest BCUT2D eigenvalue weighted by molar-refractivity contribution is -0.134. The molecule has 0 saturated carbocycles. The van der Waals surface area contributed by atoms with E-state index in [0.717, 1.165) is 4.47 Å². The van der Waals surface area contributed by atoms with Crippen molar-refractivity contribution in [2.45, 2.75) is 25.8 Å². The van der Waals surface area contributed by atoms with Crippen molar-refractivity contribution in [2.75, 3.05) is 18.4 Å². The van der Waals surface area contributed by atoms with Crippen molar-refractivity contribution in [2.24, 2.45) is 5.92 Å². The molecule has 1 N–H and O–H groups in total. The molecular weight excluding hydrogens is 462 g/mol. The third-order valence-corrected chi connectivity index (χ3v) is 5.96. The van der Waals surface area contributed by atoms with Gasteiger partial charge in [0.05, 0.1) is 17.2 Å². The van der Waals surface area contributed by atoms with Crippen molar-refractivity contribution in [1.82, 2.24) is 19.4 Å². The number of carbonyl (C=O) groups is 2. The van der Waals surface area contributed by atoms with Gasteiger partial charge in [0.15, 0.2) is 0 Å². The minimum absolute atomic E-state index is 0.0199. The highest BCUT2D eigenvalue weighted by Crippen LogP contribution is 2.20. The highest BCUT2D eigenvalue weighted by atomic mass is 79.9. The van der Waals surface area contributed by atoms with Crippen LogP contribution in [0.15, 0.2) is 58.2 Å². The van der Waals surface area contributed by atoms with Crippen LogP contribution in [0.4, 0.5) is 5.82 Å². The van der Waals surface area contributed by atoms with E-state index in [1.807, 2.05) is 12.1 Å². The summed E-state index contributed by atoms with van der Waals surface area (Å²) in [5.41, 5.74) is 0.504. The second-order valence-electron chi connectivity index (χ2n) is 7.52. The van der Waals surface area contributed by atoms with Gasteiger partial charge in [0.2, 0.25) is 11.8 Å². The van der Waals surface area contributed by atoms with Crippen LogP contribution in [-0.2, 0) is 16.1 Å². The standard InChI is InChI=1S/C22H22BrN5O3/c23-16-5-6-19(24-13-16)26-21(30)15-7-10-27(11-8-15)20(29)9-12-28-14-25-18-4-2-1-3-17(18)22(28)31/h1-6,13-15H,7-12H2,(H,24,26,30). The van der Waals surface area contributed by atoms with Crippen molar-refractivity contribution in [3.05, 3.63) is 63.7 Å². The number of carbonyl (C=O) groups excluding carboxylic acids is 2. The Morgan fingerprint density at radius 1 is 1.10 bits per heavy atom. The maximum Gasteiger partial charge on any atom is 0.261 e. The molecule has 4 rings (SSSR count). The van der Waals surface area contributed by atoms with Crippen LogP contribution in [0.3, 0.4) is 0 Å². The molecule has 3 aromatic rings. The Hall–Kier alpha value is -3.07. The van der Waals surface area contributed by atoms with Crippen LogP contribution >= 0.6 is 15.9 Å². The highest BCUT2D eigenvalue weighted by molar-refractivity contribution is 9.10. The third-order valence-electron chi connectivity index (χ3n) is 5.50. The first-order chi connectivity index (χ1) is 15.0. The zero-order valence-corrected chi connectivity index (χ0v) is 18.4. The molecule has 0 unspecified atom stereocenters. The van der Waals surface area contributed by atoms with Crippen LogP contribution in [0.2, 0.25) is 0 Å². The van der Waals surface area contributed by atoms with E-state index >= 15 is 0 Å². The van der Waals surface area contributed by atoms with Crippen LogP contribution in [0, 0.1) is 5.92 Å². The molecule has 1 aliphatic rings. The monoisotopic (exact) mass is 483 g/mol. The van der Waals surface area contributed by atoms with Crippen molar-refractivity contribution in [3.8, 4) is 0 Å². The lowest BCUT2D eigenvalue weighted by Gasteiger charge is -2.31. The zero-order valence-electron chi connectivity index (χ0n) is 16.8. The summed E-state index contributed by atoms with van der Waals surface area (Å²) in [7, 11) is 0. The number of nitrogens with one attached hydrogen (secondary N) is 1. The Kier molecular flexibility index (Phi) is 6.41. The van der Waals surface area contributed by atoms with E-state index in [1.165, 1.54) is 10.9 Å². The van der Waals surface area contributed by atoms with Gasteiger partial charge in [0.25, 0.3) is 5.56 Å². The molecule has 0 spiro atoms. The summed E-state index contributed by atoms with van der Waals surface area (Å²) < 4.78 is 2.32. The number of para-hydroxylation sites is 1. The molecule has 160 valence electrons. The first-order valence-corrected chi connectivity index (χ1v) is 10.9. The third kappa shape index (κ3) is 4.99. The molecule has 1 aliphatic heterocycles. The normalized spacial score (nSPS) is 14.5. The van der Waals surface area contributed by atoms with E-state index in [0.29, 0.717) is 42.7 Å². The molecular formula is C22H22BrN5O3. The van der Waals surface area contributed by atoms with Gasteiger partial charge in [-0.1, -0.05) is 12.1 Å². The minimum atomic E-state index is -0.151. The Labute approximate surface area is 187 Å². The molecule has 8 nitrogen and oxygen atoms in total. The van der Waals surface area contributed by atoms with Gasteiger partial charge >= 0.3 is 0 Å². The number of amides is 2. The van der Waals surface area contributed by atoms with Crippen molar-refractivity contribution < 1.29 is 9.59 Å². The smallest absolute Gasteiger partial charge is 0.261 e. The second-order valence-corrected chi connectivity index (χ2v) is 8.43. The highest BCUT2D eigenvalue weighted by Gasteiger charge is 2.27. The molecule has 3 heterocycles. The number of halogens is 1. The average Bonchev–Trinajstić information content (AvgIpc) is 2.80. The van der Waals surface area contributed by atoms with Gasteiger partial charge in [-0.15, -0.1) is 0 Å². The molecule has 1 aromatic carbocycles. The number of likely N-dealkylation sites (tertiary alicyclic amines) is 1. The number of hydrogen-bond acceptors (Lipinski definition) is 5. The van der Waals surface area contributed by atoms with Gasteiger partial charge in [-0.05, 0) is 53.0 Å². The number of fused-ring (bicyclic) bond motifs is 1. The largest absolute Gasteiger partial charge is 0.343 e. The van der Waals surface area contributed by atoms with E-state index in [-0.39, 0.29) is 36.3 Å². The fourth-order valence-corrected chi connectivity index (χ4v) is 3.94. The summed E-state index contributed by atoms with van der Waals surface area (Å²) in [5.74, 6) is 0.271. The maximum absolute atomic E-state index is 12.6. The van der Waals surface area contributed by atoms with Crippen molar-refractivity contribution in [3.63, 3.8) is 0 Å². The number of nitrogens with zero attached hydrogens (tertiary/aromatic N) is 4. The van der Waals surface area contributed by atoms with Crippen LogP contribution in [0.1, 0.15) is 19.3 Å². The van der Waals surface area contributed by atoms with E-state index in [1.54, 1.807) is 35.4 Å². The molecule has 0 radical (unpaired) electrons. The average molecular weight is 484 g/mol. The van der Waals surface area contributed by atoms with Crippen LogP contribution in [0.25, 0.3) is 10.9 Å². The second kappa shape index (κ2) is 9.38. The van der Waals surface area contributed by atoms with Crippen molar-refractivity contribution >= 4 is 44.5 Å². The Morgan fingerprint density at radius 3 is 2.61 bits per heavy atom. The summed E-state index contributed by atoms with van der Waals surface area (Å²) in [6, 6.07) is 10.7. The predicted molar refractivity (Wildman–Crippen MR) is 120 cm³/mol. The maximum atomic E-state index is 12.6. The molecule has 31 heavy (non-hydrogen) atoms. The molecule has 9 heteroatoms. The fraction of sp³-hybridized carbons (Fsp3) is 0.318. The molecule has 0 bridgehead atoms. The zero-order chi connectivity index (χ0) is 21.8. The molecule has 1 saturated heterocycles. The number of piperidine rings is 1. The van der Waals surface area contributed by atoms with Gasteiger partial charge in [-0.2, -0.15) is 0 Å². The van der Waals surface area contributed by atoms with Gasteiger partial charge < -0.3 is 10.2 Å². The summed E-state index contributed by atoms with van der Waals surface area (Å²) in [6.45, 7) is 1.33. The molecule has 0 aliphatic carbocycles. The quantitative estimate of drug-likeness (QED) is 0.601. The van der Waals surface area contributed by atoms with Crippen LogP contribution < -0.4 is 10.9 Å². The number of anilines is 1. The van der Waals surface area contributed by atoms with Gasteiger partial charge in [-0.25, -0.2) is 9.97 Å². The minimum Gasteiger partial charge on any atom is -0.343 e. The number of benzene rings is 1. The first-order valence-electron chi connectivity index (χ1n) is 10.2. The SMILES string of the molecule is O=C(Nc1ccc(Br)cn1)C1CCN(C(=O)CCn2cnc3ccccc3c2=O)CC1. The molecule has 0 atom stereocenters. The molecule has 1 fully saturated rings. The van der Waals surface area contributed by atoms with Crippen LogP contribution in [0.5, 0.6) is 0 Å². The predicted octanol–water partition coefficient (Wildman–Crippen LogP) is 2.82. The number of hydrogen-bond donors (Lipinski definition) is 1. The van der Waals surface area contributed by atoms with Crippen LogP contribution in [-0.4, -0.2) is 44.3 Å². The number of rotatable bonds is 5. The van der Waals surface area contributed by atoms with Crippen molar-refractivity contribution in [1.29, 1.82) is 0 Å². The Morgan fingerprint density at radius 2 is 1.87 bits per heavy atom. The fourth-order valence-electron chi connectivity index (χ4n) is 3.71. The van der Waals surface area contributed by atoms with Gasteiger partial charge in [0.1, 0.15) is 5.82 Å². The number of aryl methyl sites for hydroxylation is 1. The molecule has 2 aromatic heterocycles.